The first-order chi connectivity index (χ1) is 8.13. The van der Waals surface area contributed by atoms with Gasteiger partial charge in [0, 0.05) is 32.0 Å². The highest BCUT2D eigenvalue weighted by atomic mass is 32.1. The average Bonchev–Trinajstić information content (AvgIpc) is 2.78. The number of ether oxygens (including phenoxy) is 1. The molecule has 0 aliphatic heterocycles. The van der Waals surface area contributed by atoms with E-state index in [1.54, 1.807) is 23.3 Å². The predicted molar refractivity (Wildman–Crippen MR) is 68.2 cm³/mol. The molecule has 0 radical (unpaired) electrons. The normalized spacial score (nSPS) is 12.4. The smallest absolute Gasteiger partial charge is 0.222 e. The fourth-order valence-electron chi connectivity index (χ4n) is 1.54. The monoisotopic (exact) mass is 257 g/mol. The molecule has 0 fully saturated rings. The molecular weight excluding hydrogens is 238 g/mol. The second-order valence-electron chi connectivity index (χ2n) is 3.96. The van der Waals surface area contributed by atoms with Crippen LogP contribution in [-0.2, 0) is 16.0 Å². The number of carbonyl (C=O) groups is 1. The maximum absolute atomic E-state index is 11.8. The van der Waals surface area contributed by atoms with Crippen molar-refractivity contribution >= 4 is 17.2 Å². The molecule has 1 heterocycles. The highest BCUT2D eigenvalue weighted by Gasteiger charge is 2.13. The highest BCUT2D eigenvalue weighted by molar-refractivity contribution is 7.09. The Labute approximate surface area is 106 Å². The summed E-state index contributed by atoms with van der Waals surface area (Å²) in [4.78, 5) is 14.5. The van der Waals surface area contributed by atoms with Crippen molar-refractivity contribution in [3.05, 3.63) is 22.4 Å². The number of thiophene rings is 1. The first-order valence-corrected chi connectivity index (χ1v) is 6.44. The van der Waals surface area contributed by atoms with E-state index in [0.29, 0.717) is 13.0 Å². The number of amides is 1. The van der Waals surface area contributed by atoms with Crippen molar-refractivity contribution in [1.82, 2.24) is 4.90 Å². The Kier molecular flexibility index (Phi) is 6.18. The minimum Gasteiger partial charge on any atom is -0.389 e. The molecule has 0 saturated heterocycles. The lowest BCUT2D eigenvalue weighted by molar-refractivity contribution is -0.131. The van der Waals surface area contributed by atoms with E-state index in [4.69, 9.17) is 4.74 Å². The van der Waals surface area contributed by atoms with Crippen LogP contribution in [0.2, 0.25) is 0 Å². The van der Waals surface area contributed by atoms with Crippen molar-refractivity contribution in [3.63, 3.8) is 0 Å². The Balaban J connectivity index is 2.27. The second-order valence-corrected chi connectivity index (χ2v) is 5.00. The standard InChI is InChI=1S/C12H19NO3S/c1-13(8-10(14)9-16-2)12(15)6-5-11-4-3-7-17-11/h3-4,7,10,14H,5-6,8-9H2,1-2H3. The van der Waals surface area contributed by atoms with Gasteiger partial charge >= 0.3 is 0 Å². The van der Waals surface area contributed by atoms with E-state index in [1.807, 2.05) is 17.5 Å². The number of hydrogen-bond acceptors (Lipinski definition) is 4. The molecule has 5 heteroatoms. The van der Waals surface area contributed by atoms with E-state index in [1.165, 1.54) is 12.0 Å². The van der Waals surface area contributed by atoms with E-state index in [9.17, 15) is 9.90 Å². The summed E-state index contributed by atoms with van der Waals surface area (Å²) in [5, 5.41) is 11.5. The van der Waals surface area contributed by atoms with Gasteiger partial charge in [-0.3, -0.25) is 4.79 Å². The minimum absolute atomic E-state index is 0.0496. The summed E-state index contributed by atoms with van der Waals surface area (Å²) in [6.45, 7) is 0.569. The molecule has 0 saturated carbocycles. The zero-order valence-electron chi connectivity index (χ0n) is 10.3. The third-order valence-corrected chi connectivity index (χ3v) is 3.37. The van der Waals surface area contributed by atoms with E-state index in [2.05, 4.69) is 0 Å². The van der Waals surface area contributed by atoms with Gasteiger partial charge < -0.3 is 14.7 Å². The highest BCUT2D eigenvalue weighted by Crippen LogP contribution is 2.11. The summed E-state index contributed by atoms with van der Waals surface area (Å²) in [5.74, 6) is 0.0496. The first kappa shape index (κ1) is 14.2. The molecule has 0 aliphatic rings. The number of methoxy groups -OCH3 is 1. The summed E-state index contributed by atoms with van der Waals surface area (Å²) in [6.07, 6.45) is 0.633. The van der Waals surface area contributed by atoms with E-state index < -0.39 is 6.10 Å². The van der Waals surface area contributed by atoms with Crippen molar-refractivity contribution in [2.45, 2.75) is 18.9 Å². The number of aryl methyl sites for hydroxylation is 1. The van der Waals surface area contributed by atoms with Crippen LogP contribution >= 0.6 is 11.3 Å². The van der Waals surface area contributed by atoms with E-state index in [0.717, 1.165) is 6.42 Å². The molecule has 0 spiro atoms. The van der Waals surface area contributed by atoms with Gasteiger partial charge in [0.2, 0.25) is 5.91 Å². The number of aliphatic hydroxyl groups excluding tert-OH is 1. The van der Waals surface area contributed by atoms with Gasteiger partial charge in [0.25, 0.3) is 0 Å². The number of rotatable bonds is 7. The maximum atomic E-state index is 11.8. The molecule has 1 amide bonds. The predicted octanol–water partition coefficient (Wildman–Crippen LogP) is 1.15. The molecule has 1 N–H and O–H groups in total. The lowest BCUT2D eigenvalue weighted by Crippen LogP contribution is -2.36. The first-order valence-electron chi connectivity index (χ1n) is 5.57. The van der Waals surface area contributed by atoms with Crippen LogP contribution in [0.1, 0.15) is 11.3 Å². The van der Waals surface area contributed by atoms with Gasteiger partial charge in [0.1, 0.15) is 0 Å². The van der Waals surface area contributed by atoms with E-state index >= 15 is 0 Å². The molecule has 1 atom stereocenters. The molecule has 0 aliphatic carbocycles. The third kappa shape index (κ3) is 5.30. The Morgan fingerprint density at radius 1 is 1.65 bits per heavy atom. The van der Waals surface area contributed by atoms with Crippen molar-refractivity contribution in [1.29, 1.82) is 0 Å². The Morgan fingerprint density at radius 2 is 2.41 bits per heavy atom. The molecule has 1 rings (SSSR count). The number of carbonyl (C=O) groups excluding carboxylic acids is 1. The van der Waals surface area contributed by atoms with Crippen molar-refractivity contribution in [3.8, 4) is 0 Å². The van der Waals surface area contributed by atoms with Gasteiger partial charge in [-0.05, 0) is 17.9 Å². The van der Waals surface area contributed by atoms with Crippen molar-refractivity contribution < 1.29 is 14.6 Å². The maximum Gasteiger partial charge on any atom is 0.222 e. The van der Waals surface area contributed by atoms with Crippen LogP contribution in [0.5, 0.6) is 0 Å². The van der Waals surface area contributed by atoms with Gasteiger partial charge in [-0.1, -0.05) is 6.07 Å². The van der Waals surface area contributed by atoms with Crippen LogP contribution in [0.3, 0.4) is 0 Å². The zero-order valence-corrected chi connectivity index (χ0v) is 11.1. The van der Waals surface area contributed by atoms with Crippen LogP contribution in [0, 0.1) is 0 Å². The molecule has 1 unspecified atom stereocenters. The fourth-order valence-corrected chi connectivity index (χ4v) is 2.25. The molecule has 1 aromatic heterocycles. The summed E-state index contributed by atoms with van der Waals surface area (Å²) >= 11 is 1.66. The third-order valence-electron chi connectivity index (χ3n) is 2.43. The average molecular weight is 257 g/mol. The fraction of sp³-hybridized carbons (Fsp3) is 0.583. The molecule has 1 aromatic rings. The number of likely N-dealkylation sites (N-methyl/N-ethyl adjacent to an activating group) is 1. The zero-order chi connectivity index (χ0) is 12.7. The number of aliphatic hydroxyl groups is 1. The SMILES string of the molecule is COCC(O)CN(C)C(=O)CCc1cccs1. The largest absolute Gasteiger partial charge is 0.389 e. The molecule has 0 bridgehead atoms. The number of hydrogen-bond donors (Lipinski definition) is 1. The molecule has 96 valence electrons. The van der Waals surface area contributed by atoms with Gasteiger partial charge in [0.05, 0.1) is 12.7 Å². The van der Waals surface area contributed by atoms with Gasteiger partial charge in [-0.15, -0.1) is 11.3 Å². The quantitative estimate of drug-likeness (QED) is 0.797. The lowest BCUT2D eigenvalue weighted by Gasteiger charge is -2.20. The second kappa shape index (κ2) is 7.42. The summed E-state index contributed by atoms with van der Waals surface area (Å²) in [7, 11) is 3.23. The molecule has 17 heavy (non-hydrogen) atoms. The van der Waals surface area contributed by atoms with Crippen molar-refractivity contribution in [2.75, 3.05) is 27.3 Å². The number of nitrogens with zero attached hydrogens (tertiary/aromatic N) is 1. The van der Waals surface area contributed by atoms with E-state index in [-0.39, 0.29) is 12.5 Å². The van der Waals surface area contributed by atoms with Gasteiger partial charge in [0.15, 0.2) is 0 Å². The molecule has 0 aromatic carbocycles. The minimum atomic E-state index is -0.615. The van der Waals surface area contributed by atoms with Crippen LogP contribution in [-0.4, -0.2) is 49.3 Å². The molecular formula is C12H19NO3S. The Morgan fingerprint density at radius 3 is 3.00 bits per heavy atom. The summed E-state index contributed by atoms with van der Waals surface area (Å²) in [5.41, 5.74) is 0. The van der Waals surface area contributed by atoms with Gasteiger partial charge in [-0.2, -0.15) is 0 Å². The van der Waals surface area contributed by atoms with Crippen molar-refractivity contribution in [2.24, 2.45) is 0 Å². The molecule has 4 nitrogen and oxygen atoms in total. The van der Waals surface area contributed by atoms with Crippen LogP contribution in [0.25, 0.3) is 0 Å². The summed E-state index contributed by atoms with van der Waals surface area (Å²) < 4.78 is 4.82. The van der Waals surface area contributed by atoms with Gasteiger partial charge in [-0.25, -0.2) is 0 Å². The van der Waals surface area contributed by atoms with Crippen LogP contribution < -0.4 is 0 Å². The Bertz CT molecular complexity index is 327. The Hall–Kier alpha value is -0.910. The van der Waals surface area contributed by atoms with Crippen LogP contribution in [0.15, 0.2) is 17.5 Å². The van der Waals surface area contributed by atoms with Crippen LogP contribution in [0.4, 0.5) is 0 Å². The lowest BCUT2D eigenvalue weighted by atomic mass is 10.2. The summed E-state index contributed by atoms with van der Waals surface area (Å²) in [6, 6.07) is 4.01. The topological polar surface area (TPSA) is 49.8 Å².